The van der Waals surface area contributed by atoms with Gasteiger partial charge in [0.05, 0.1) is 6.04 Å². The molecule has 4 N–H and O–H groups in total. The van der Waals surface area contributed by atoms with Gasteiger partial charge in [0.2, 0.25) is 17.7 Å². The van der Waals surface area contributed by atoms with Gasteiger partial charge in [-0.1, -0.05) is 64.4 Å². The quantitative estimate of drug-likeness (QED) is 0.327. The van der Waals surface area contributed by atoms with Crippen LogP contribution in [0.15, 0.2) is 60.9 Å². The molecule has 0 spiro atoms. The number of ether oxygens (including phenoxy) is 1. The van der Waals surface area contributed by atoms with E-state index < -0.39 is 30.1 Å². The first-order valence-electron chi connectivity index (χ1n) is 14.6. The van der Waals surface area contributed by atoms with E-state index in [1.54, 1.807) is 12.3 Å². The number of likely N-dealkylation sites (N-methyl/N-ethyl adjacent to an activating group) is 1. The van der Waals surface area contributed by atoms with Crippen LogP contribution in [-0.2, 0) is 20.8 Å². The lowest BCUT2D eigenvalue weighted by Gasteiger charge is -2.34. The summed E-state index contributed by atoms with van der Waals surface area (Å²) in [6, 6.07) is 13.0. The Bertz CT molecular complexity index is 1410. The van der Waals surface area contributed by atoms with E-state index in [0.717, 1.165) is 22.0 Å². The Labute approximate surface area is 248 Å². The maximum Gasteiger partial charge on any atom is 0.247 e. The fourth-order valence-corrected chi connectivity index (χ4v) is 5.22. The van der Waals surface area contributed by atoms with Gasteiger partial charge in [-0.2, -0.15) is 0 Å². The number of fused-ring (bicyclic) bond motifs is 11. The van der Waals surface area contributed by atoms with Crippen molar-refractivity contribution in [2.75, 3.05) is 14.1 Å². The van der Waals surface area contributed by atoms with Gasteiger partial charge in [0.25, 0.3) is 0 Å². The number of benzene rings is 2. The van der Waals surface area contributed by atoms with E-state index >= 15 is 0 Å². The maximum atomic E-state index is 14.0. The molecule has 9 heteroatoms. The molecule has 0 saturated heterocycles. The number of aromatic nitrogens is 1. The van der Waals surface area contributed by atoms with Crippen LogP contribution in [0.2, 0.25) is 0 Å². The average Bonchev–Trinajstić information content (AvgIpc) is 3.38. The molecule has 0 fully saturated rings. The lowest BCUT2D eigenvalue weighted by molar-refractivity contribution is -0.136. The van der Waals surface area contributed by atoms with E-state index in [0.29, 0.717) is 18.6 Å². The second kappa shape index (κ2) is 13.7. The Morgan fingerprint density at radius 3 is 2.40 bits per heavy atom. The number of rotatable bonds is 8. The van der Waals surface area contributed by atoms with Crippen LogP contribution >= 0.6 is 0 Å². The number of carbonyl (C=O) groups is 3. The normalized spacial score (nSPS) is 21.8. The van der Waals surface area contributed by atoms with Crippen molar-refractivity contribution in [2.24, 2.45) is 11.8 Å². The standard InChI is InChI=1S/C33H43N5O4/c1-7-21(4)28-32(40)34-17-16-22-12-14-24(15-13-22)42-30(20(2)3)29(33(41)36-28)37-31(39)27(38(5)6)18-23-19-35-26-11-9-8-10-25(23)26/h8-17,19-21,27-30,35H,7,18H2,1-6H3,(H,34,40)(H,36,41)(H,37,39)/b17-16+/t21-,27-,28-,29+,30+/m0/s1. The molecule has 0 unspecified atom stereocenters. The first kappa shape index (κ1) is 30.8. The molecule has 1 aromatic heterocycles. The van der Waals surface area contributed by atoms with Crippen molar-refractivity contribution in [3.05, 3.63) is 72.1 Å². The number of nitrogens with zero attached hydrogens (tertiary/aromatic N) is 1. The Morgan fingerprint density at radius 1 is 1.02 bits per heavy atom. The summed E-state index contributed by atoms with van der Waals surface area (Å²) in [5.74, 6) is -0.787. The topological polar surface area (TPSA) is 116 Å². The van der Waals surface area contributed by atoms with E-state index in [2.05, 4.69) is 20.9 Å². The van der Waals surface area contributed by atoms with Crippen LogP contribution in [0, 0.1) is 11.8 Å². The summed E-state index contributed by atoms with van der Waals surface area (Å²) in [5.41, 5.74) is 2.90. The molecule has 0 radical (unpaired) electrons. The molecular weight excluding hydrogens is 530 g/mol. The second-order valence-corrected chi connectivity index (χ2v) is 11.6. The van der Waals surface area contributed by atoms with E-state index in [1.165, 1.54) is 0 Å². The first-order chi connectivity index (χ1) is 20.1. The predicted molar refractivity (Wildman–Crippen MR) is 166 cm³/mol. The highest BCUT2D eigenvalue weighted by molar-refractivity contribution is 5.94. The Hall–Kier alpha value is -4.11. The fourth-order valence-electron chi connectivity index (χ4n) is 5.22. The molecule has 2 aliphatic rings. The SMILES string of the molecule is CC[C@H](C)[C@@H]1NC(=O)[C@H](NC(=O)[C@H](Cc2c[nH]c3ccccc23)N(C)C)[C@@H](C(C)C)Oc2ccc(cc2)/C=C/NC1=O. The zero-order chi connectivity index (χ0) is 30.4. The number of nitrogens with one attached hydrogen (secondary N) is 4. The molecule has 2 bridgehead atoms. The van der Waals surface area contributed by atoms with E-state index in [-0.39, 0.29) is 23.7 Å². The smallest absolute Gasteiger partial charge is 0.247 e. The van der Waals surface area contributed by atoms with Crippen LogP contribution in [0.25, 0.3) is 17.0 Å². The molecule has 2 aliphatic heterocycles. The second-order valence-electron chi connectivity index (χ2n) is 11.6. The van der Waals surface area contributed by atoms with E-state index in [4.69, 9.17) is 4.74 Å². The third-order valence-corrected chi connectivity index (χ3v) is 8.03. The highest BCUT2D eigenvalue weighted by atomic mass is 16.5. The Morgan fingerprint density at radius 2 is 1.74 bits per heavy atom. The minimum Gasteiger partial charge on any atom is -0.487 e. The van der Waals surface area contributed by atoms with Crippen LogP contribution < -0.4 is 20.7 Å². The zero-order valence-electron chi connectivity index (χ0n) is 25.3. The first-order valence-corrected chi connectivity index (χ1v) is 14.6. The number of para-hydroxylation sites is 1. The highest BCUT2D eigenvalue weighted by Crippen LogP contribution is 2.23. The van der Waals surface area contributed by atoms with Crippen LogP contribution in [0.3, 0.4) is 0 Å². The molecule has 224 valence electrons. The summed E-state index contributed by atoms with van der Waals surface area (Å²) < 4.78 is 6.39. The molecule has 0 saturated carbocycles. The Balaban J connectivity index is 1.69. The van der Waals surface area contributed by atoms with E-state index in [9.17, 15) is 14.4 Å². The molecule has 2 aromatic carbocycles. The third kappa shape index (κ3) is 7.20. The van der Waals surface area contributed by atoms with Gasteiger partial charge in [-0.15, -0.1) is 0 Å². The van der Waals surface area contributed by atoms with Crippen LogP contribution in [-0.4, -0.2) is 65.9 Å². The molecule has 42 heavy (non-hydrogen) atoms. The molecule has 3 heterocycles. The van der Waals surface area contributed by atoms with Gasteiger partial charge in [-0.3, -0.25) is 19.3 Å². The van der Waals surface area contributed by atoms with Crippen molar-refractivity contribution < 1.29 is 19.1 Å². The number of H-pyrrole nitrogens is 1. The molecule has 5 atom stereocenters. The lowest BCUT2D eigenvalue weighted by atomic mass is 9.94. The van der Waals surface area contributed by atoms with Gasteiger partial charge in [0, 0.05) is 23.3 Å². The van der Waals surface area contributed by atoms with Crippen molar-refractivity contribution in [3.63, 3.8) is 0 Å². The highest BCUT2D eigenvalue weighted by Gasteiger charge is 2.38. The van der Waals surface area contributed by atoms with Gasteiger partial charge in [0.15, 0.2) is 0 Å². The number of hydrogen-bond donors (Lipinski definition) is 4. The maximum absolute atomic E-state index is 14.0. The molecule has 3 aromatic rings. The van der Waals surface area contributed by atoms with Crippen molar-refractivity contribution >= 4 is 34.7 Å². The summed E-state index contributed by atoms with van der Waals surface area (Å²) in [4.78, 5) is 46.3. The summed E-state index contributed by atoms with van der Waals surface area (Å²) in [7, 11) is 3.70. The Kier molecular flexibility index (Phi) is 10.1. The van der Waals surface area contributed by atoms with Crippen molar-refractivity contribution in [3.8, 4) is 5.75 Å². The van der Waals surface area contributed by atoms with Crippen LogP contribution in [0.4, 0.5) is 0 Å². The molecule has 9 nitrogen and oxygen atoms in total. The minimum atomic E-state index is -1.06. The van der Waals surface area contributed by atoms with Gasteiger partial charge in [-0.25, -0.2) is 0 Å². The molecule has 3 amide bonds. The van der Waals surface area contributed by atoms with E-state index in [1.807, 2.05) is 101 Å². The van der Waals surface area contributed by atoms with Gasteiger partial charge in [-0.05, 0) is 67.8 Å². The summed E-state index contributed by atoms with van der Waals surface area (Å²) >= 11 is 0. The summed E-state index contributed by atoms with van der Waals surface area (Å²) in [5, 5.41) is 9.84. The van der Waals surface area contributed by atoms with Gasteiger partial charge < -0.3 is 25.7 Å². The average molecular weight is 574 g/mol. The van der Waals surface area contributed by atoms with Crippen LogP contribution in [0.1, 0.15) is 45.2 Å². The zero-order valence-corrected chi connectivity index (χ0v) is 25.3. The van der Waals surface area contributed by atoms with Crippen LogP contribution in [0.5, 0.6) is 5.75 Å². The summed E-state index contributed by atoms with van der Waals surface area (Å²) in [6.45, 7) is 7.79. The fraction of sp³-hybridized carbons (Fsp3) is 0.424. The number of aromatic amines is 1. The molecule has 5 rings (SSSR count). The van der Waals surface area contributed by atoms with Gasteiger partial charge in [0.1, 0.15) is 23.9 Å². The number of hydrogen-bond acceptors (Lipinski definition) is 5. The van der Waals surface area contributed by atoms with Crippen molar-refractivity contribution in [1.82, 2.24) is 25.8 Å². The number of carbonyl (C=O) groups excluding carboxylic acids is 3. The predicted octanol–water partition coefficient (Wildman–Crippen LogP) is 3.86. The lowest BCUT2D eigenvalue weighted by Crippen LogP contribution is -2.62. The summed E-state index contributed by atoms with van der Waals surface area (Å²) in [6.07, 6.45) is 5.72. The number of amides is 3. The van der Waals surface area contributed by atoms with Crippen molar-refractivity contribution in [1.29, 1.82) is 0 Å². The van der Waals surface area contributed by atoms with Gasteiger partial charge >= 0.3 is 0 Å². The van der Waals surface area contributed by atoms with Crippen molar-refractivity contribution in [2.45, 2.75) is 64.8 Å². The minimum absolute atomic E-state index is 0.139. The largest absolute Gasteiger partial charge is 0.487 e. The molecular formula is C33H43N5O4. The monoisotopic (exact) mass is 573 g/mol. The molecule has 0 aliphatic carbocycles. The third-order valence-electron chi connectivity index (χ3n) is 8.03.